The zero-order valence-electron chi connectivity index (χ0n) is 18.9. The van der Waals surface area contributed by atoms with E-state index in [0.29, 0.717) is 54.7 Å². The van der Waals surface area contributed by atoms with Crippen molar-refractivity contribution >= 4 is 5.78 Å². The minimum absolute atomic E-state index is 0.0870. The summed E-state index contributed by atoms with van der Waals surface area (Å²) in [5.74, 6) is -0.417. The van der Waals surface area contributed by atoms with Crippen LogP contribution in [0.5, 0.6) is 0 Å². The molecule has 0 aliphatic heterocycles. The predicted octanol–water partition coefficient (Wildman–Crippen LogP) is 4.62. The lowest BCUT2D eigenvalue weighted by Crippen LogP contribution is -2.40. The topological polar surface area (TPSA) is 91.8 Å². The number of aliphatic hydroxyl groups is 1. The number of nitrogens with zero attached hydrogens (tertiary/aromatic N) is 4. The molecule has 0 amide bonds. The van der Waals surface area contributed by atoms with Crippen LogP contribution in [0.15, 0.2) is 48.8 Å². The lowest BCUT2D eigenvalue weighted by Gasteiger charge is -2.39. The largest absolute Gasteiger partial charge is 0.390 e. The average molecular weight is 447 g/mol. The highest BCUT2D eigenvalue weighted by Crippen LogP contribution is 2.43. The molecule has 170 valence electrons. The molecule has 7 heteroatoms. The van der Waals surface area contributed by atoms with Crippen molar-refractivity contribution in [2.75, 3.05) is 0 Å². The Morgan fingerprint density at radius 2 is 1.85 bits per heavy atom. The minimum Gasteiger partial charge on any atom is -0.390 e. The first kappa shape index (κ1) is 22.8. The summed E-state index contributed by atoms with van der Waals surface area (Å²) in [6, 6.07) is 12.1. The van der Waals surface area contributed by atoms with Crippen molar-refractivity contribution in [3.8, 4) is 11.8 Å². The zero-order valence-corrected chi connectivity index (χ0v) is 18.9. The number of hydrogen-bond acceptors (Lipinski definition) is 5. The highest BCUT2D eigenvalue weighted by atomic mass is 19.1. The number of benzene rings is 1. The predicted molar refractivity (Wildman–Crippen MR) is 122 cm³/mol. The fourth-order valence-electron chi connectivity index (χ4n) is 4.54. The first-order chi connectivity index (χ1) is 15.8. The Morgan fingerprint density at radius 3 is 2.42 bits per heavy atom. The molecule has 1 saturated carbocycles. The second-order valence-electron chi connectivity index (χ2n) is 8.96. The van der Waals surface area contributed by atoms with Gasteiger partial charge >= 0.3 is 0 Å². The molecule has 2 heterocycles. The standard InChI is InChI=1S/C26H27FN4O2/c1-3-26(33)12-10-25(17-28,11-13-26)24-9-4-19(15-29-24)14-23(32)22-16-30-31(18(22)2)21-7-5-20(27)6-8-21/h4-9,15-16,33H,3,10-14H2,1-2H3. The summed E-state index contributed by atoms with van der Waals surface area (Å²) in [7, 11) is 0. The van der Waals surface area contributed by atoms with Crippen LogP contribution >= 0.6 is 0 Å². The van der Waals surface area contributed by atoms with Crippen molar-refractivity contribution in [3.05, 3.63) is 77.1 Å². The summed E-state index contributed by atoms with van der Waals surface area (Å²) in [5.41, 5.74) is 1.93. The number of halogens is 1. The summed E-state index contributed by atoms with van der Waals surface area (Å²) in [5, 5.41) is 24.7. The van der Waals surface area contributed by atoms with Crippen LogP contribution < -0.4 is 0 Å². The summed E-state index contributed by atoms with van der Waals surface area (Å²) >= 11 is 0. The van der Waals surface area contributed by atoms with E-state index in [1.165, 1.54) is 18.3 Å². The van der Waals surface area contributed by atoms with Gasteiger partial charge in [-0.15, -0.1) is 0 Å². The molecule has 6 nitrogen and oxygen atoms in total. The van der Waals surface area contributed by atoms with Crippen LogP contribution in [0.3, 0.4) is 0 Å². The smallest absolute Gasteiger partial charge is 0.170 e. The second-order valence-corrected chi connectivity index (χ2v) is 8.96. The molecule has 0 spiro atoms. The van der Waals surface area contributed by atoms with E-state index in [1.807, 2.05) is 26.0 Å². The number of carbonyl (C=O) groups is 1. The Hall–Kier alpha value is -3.37. The molecule has 1 aliphatic carbocycles. The van der Waals surface area contributed by atoms with Gasteiger partial charge < -0.3 is 5.11 Å². The van der Waals surface area contributed by atoms with Gasteiger partial charge in [0.15, 0.2) is 5.78 Å². The van der Waals surface area contributed by atoms with Gasteiger partial charge in [0.05, 0.1) is 45.9 Å². The number of rotatable bonds is 6. The van der Waals surface area contributed by atoms with Gasteiger partial charge in [0.25, 0.3) is 0 Å². The van der Waals surface area contributed by atoms with E-state index in [9.17, 15) is 19.6 Å². The molecular weight excluding hydrogens is 419 g/mol. The zero-order chi connectivity index (χ0) is 23.6. The maximum absolute atomic E-state index is 13.2. The highest BCUT2D eigenvalue weighted by molar-refractivity contribution is 5.98. The minimum atomic E-state index is -0.698. The van der Waals surface area contributed by atoms with Crippen LogP contribution in [-0.4, -0.2) is 31.3 Å². The Labute approximate surface area is 192 Å². The molecule has 0 atom stereocenters. The van der Waals surface area contributed by atoms with Crippen LogP contribution in [-0.2, 0) is 11.8 Å². The Kier molecular flexibility index (Phi) is 6.13. The van der Waals surface area contributed by atoms with Gasteiger partial charge in [0.1, 0.15) is 5.82 Å². The van der Waals surface area contributed by atoms with E-state index >= 15 is 0 Å². The van der Waals surface area contributed by atoms with Crippen LogP contribution in [0, 0.1) is 24.1 Å². The van der Waals surface area contributed by atoms with Crippen LogP contribution in [0.1, 0.15) is 66.3 Å². The fourth-order valence-corrected chi connectivity index (χ4v) is 4.54. The van der Waals surface area contributed by atoms with E-state index in [1.54, 1.807) is 23.0 Å². The van der Waals surface area contributed by atoms with E-state index in [4.69, 9.17) is 0 Å². The molecule has 0 unspecified atom stereocenters. The number of hydrogen-bond donors (Lipinski definition) is 1. The van der Waals surface area contributed by atoms with Crippen LogP contribution in [0.2, 0.25) is 0 Å². The van der Waals surface area contributed by atoms with Crippen molar-refractivity contribution in [3.63, 3.8) is 0 Å². The van der Waals surface area contributed by atoms with E-state index in [0.717, 1.165) is 5.56 Å². The van der Waals surface area contributed by atoms with Gasteiger partial charge in [-0.3, -0.25) is 9.78 Å². The lowest BCUT2D eigenvalue weighted by atomic mass is 9.67. The Bertz CT molecular complexity index is 1180. The summed E-state index contributed by atoms with van der Waals surface area (Å²) in [6.07, 6.45) is 6.34. The third kappa shape index (κ3) is 4.44. The number of nitriles is 1. The van der Waals surface area contributed by atoms with Gasteiger partial charge in [0, 0.05) is 12.6 Å². The monoisotopic (exact) mass is 446 g/mol. The summed E-state index contributed by atoms with van der Waals surface area (Å²) in [6.45, 7) is 3.77. The third-order valence-electron chi connectivity index (χ3n) is 6.97. The molecule has 0 saturated heterocycles. The average Bonchev–Trinajstić information content (AvgIpc) is 3.22. The number of pyridine rings is 1. The van der Waals surface area contributed by atoms with Gasteiger partial charge in [0.2, 0.25) is 0 Å². The number of Topliss-reactive ketones (excluding diaryl/α,β-unsaturated/α-hetero) is 1. The quantitative estimate of drug-likeness (QED) is 0.558. The molecule has 0 radical (unpaired) electrons. The number of aromatic nitrogens is 3. The molecule has 3 aromatic rings. The number of carbonyl (C=O) groups excluding carboxylic acids is 1. The number of ketones is 1. The first-order valence-electron chi connectivity index (χ1n) is 11.2. The fraction of sp³-hybridized carbons (Fsp3) is 0.385. The Balaban J connectivity index is 1.48. The lowest BCUT2D eigenvalue weighted by molar-refractivity contribution is -0.0125. The van der Waals surface area contributed by atoms with E-state index in [2.05, 4.69) is 16.2 Å². The third-order valence-corrected chi connectivity index (χ3v) is 6.97. The van der Waals surface area contributed by atoms with Crippen molar-refractivity contribution in [1.82, 2.24) is 14.8 Å². The molecule has 4 rings (SSSR count). The summed E-state index contributed by atoms with van der Waals surface area (Å²) < 4.78 is 14.8. The van der Waals surface area contributed by atoms with Gasteiger partial charge in [-0.2, -0.15) is 10.4 Å². The van der Waals surface area contributed by atoms with E-state index in [-0.39, 0.29) is 18.0 Å². The van der Waals surface area contributed by atoms with Crippen LogP contribution in [0.25, 0.3) is 5.69 Å². The molecule has 0 bridgehead atoms. The Morgan fingerprint density at radius 1 is 1.15 bits per heavy atom. The molecule has 1 N–H and O–H groups in total. The van der Waals surface area contributed by atoms with Crippen LogP contribution in [0.4, 0.5) is 4.39 Å². The van der Waals surface area contributed by atoms with Gasteiger partial charge in [-0.05, 0) is 74.9 Å². The molecular formula is C26H27FN4O2. The molecule has 1 aromatic carbocycles. The molecule has 1 fully saturated rings. The summed E-state index contributed by atoms with van der Waals surface area (Å²) in [4.78, 5) is 17.5. The maximum atomic E-state index is 13.2. The molecule has 2 aromatic heterocycles. The van der Waals surface area contributed by atoms with Crippen molar-refractivity contribution in [1.29, 1.82) is 5.26 Å². The molecule has 1 aliphatic rings. The molecule has 33 heavy (non-hydrogen) atoms. The van der Waals surface area contributed by atoms with Crippen molar-refractivity contribution in [2.24, 2.45) is 0 Å². The van der Waals surface area contributed by atoms with E-state index < -0.39 is 11.0 Å². The van der Waals surface area contributed by atoms with Gasteiger partial charge in [-0.25, -0.2) is 9.07 Å². The van der Waals surface area contributed by atoms with Crippen molar-refractivity contribution < 1.29 is 14.3 Å². The highest BCUT2D eigenvalue weighted by Gasteiger charge is 2.43. The maximum Gasteiger partial charge on any atom is 0.170 e. The van der Waals surface area contributed by atoms with Gasteiger partial charge in [-0.1, -0.05) is 13.0 Å². The normalized spacial score (nSPS) is 22.6. The second kappa shape index (κ2) is 8.87. The SMILES string of the molecule is CCC1(O)CCC(C#N)(c2ccc(CC(=O)c3cnn(-c4ccc(F)cc4)c3C)cn2)CC1. The first-order valence-corrected chi connectivity index (χ1v) is 11.2. The van der Waals surface area contributed by atoms with Crippen molar-refractivity contribution in [2.45, 2.75) is 63.4 Å².